The summed E-state index contributed by atoms with van der Waals surface area (Å²) in [4.78, 5) is 5.02. The molecule has 0 unspecified atom stereocenters. The van der Waals surface area contributed by atoms with Crippen molar-refractivity contribution >= 4 is 15.4 Å². The van der Waals surface area contributed by atoms with Crippen LogP contribution in [0.2, 0.25) is 0 Å². The third-order valence-electron chi connectivity index (χ3n) is 4.68. The minimum absolute atomic E-state index is 0.212. The number of allylic oxidation sites excluding steroid dienone is 4. The molecule has 3 nitrogen and oxygen atoms in total. The Labute approximate surface area is 182 Å². The van der Waals surface area contributed by atoms with Gasteiger partial charge in [-0.05, 0) is 48.0 Å². The van der Waals surface area contributed by atoms with Crippen molar-refractivity contribution in [3.8, 4) is 34.7 Å². The maximum Gasteiger partial charge on any atom is 0.175 e. The smallest absolute Gasteiger partial charge is 0.175 e. The lowest BCUT2D eigenvalue weighted by atomic mass is 9.95. The van der Waals surface area contributed by atoms with Gasteiger partial charge in [-0.3, -0.25) is 0 Å². The normalized spacial score (nSPS) is 11.6. The minimum Gasteiger partial charge on any atom is -0.246 e. The molecule has 0 bridgehead atoms. The Morgan fingerprint density at radius 1 is 1.06 bits per heavy atom. The second-order valence-electron chi connectivity index (χ2n) is 6.79. The van der Waals surface area contributed by atoms with E-state index in [2.05, 4.69) is 19.1 Å². The molecule has 1 aromatic heterocycles. The summed E-state index contributed by atoms with van der Waals surface area (Å²) in [6.45, 7) is 7.55. The van der Waals surface area contributed by atoms with Gasteiger partial charge >= 0.3 is 0 Å². The van der Waals surface area contributed by atoms with E-state index in [9.17, 15) is 12.8 Å². The summed E-state index contributed by atoms with van der Waals surface area (Å²) < 4.78 is 37.2. The van der Waals surface area contributed by atoms with E-state index in [4.69, 9.17) is 11.4 Å². The zero-order chi connectivity index (χ0) is 22.6. The Bertz CT molecular complexity index is 1330. The second kappa shape index (κ2) is 8.95. The quantitative estimate of drug-likeness (QED) is 0.373. The number of hydrogen-bond donors (Lipinski definition) is 0. The van der Waals surface area contributed by atoms with Gasteiger partial charge < -0.3 is 0 Å². The van der Waals surface area contributed by atoms with Gasteiger partial charge in [-0.15, -0.1) is 6.42 Å². The van der Waals surface area contributed by atoms with Crippen molar-refractivity contribution in [1.29, 1.82) is 0 Å². The minimum atomic E-state index is -3.33. The first kappa shape index (κ1) is 21.9. The molecule has 0 aliphatic heterocycles. The fourth-order valence-electron chi connectivity index (χ4n) is 3.14. The Balaban J connectivity index is 2.33. The largest absolute Gasteiger partial charge is 0.246 e. The molecule has 0 N–H and O–H groups in total. The fourth-order valence-corrected chi connectivity index (χ4v) is 3.77. The summed E-state index contributed by atoms with van der Waals surface area (Å²) in [5.41, 5.74) is 4.49. The van der Waals surface area contributed by atoms with Crippen LogP contribution in [0.15, 0.2) is 90.9 Å². The molecule has 0 radical (unpaired) electrons. The molecule has 2 aromatic carbocycles. The summed E-state index contributed by atoms with van der Waals surface area (Å²) in [5.74, 6) is 2.30. The Hall–Kier alpha value is -3.75. The van der Waals surface area contributed by atoms with Gasteiger partial charge in [0.1, 0.15) is 5.82 Å². The molecule has 0 saturated heterocycles. The zero-order valence-electron chi connectivity index (χ0n) is 17.0. The summed E-state index contributed by atoms with van der Waals surface area (Å²) in [6.07, 6.45) is 11.9. The molecule has 1 heterocycles. The molecule has 0 amide bonds. The molecule has 31 heavy (non-hydrogen) atoms. The Morgan fingerprint density at radius 2 is 1.68 bits per heavy atom. The molecule has 0 aliphatic rings. The predicted molar refractivity (Wildman–Crippen MR) is 124 cm³/mol. The van der Waals surface area contributed by atoms with Crippen LogP contribution in [-0.4, -0.2) is 19.7 Å². The molecular weight excluding hydrogens is 409 g/mol. The average Bonchev–Trinajstić information content (AvgIpc) is 2.77. The lowest BCUT2D eigenvalue weighted by Crippen LogP contribution is -2.00. The first-order chi connectivity index (χ1) is 14.8. The van der Waals surface area contributed by atoms with Crippen molar-refractivity contribution in [2.45, 2.75) is 4.90 Å². The van der Waals surface area contributed by atoms with Crippen LogP contribution in [0.4, 0.5) is 4.39 Å². The highest BCUT2D eigenvalue weighted by Gasteiger charge is 2.17. The Morgan fingerprint density at radius 3 is 2.19 bits per heavy atom. The van der Waals surface area contributed by atoms with Crippen molar-refractivity contribution in [2.24, 2.45) is 0 Å². The first-order valence-electron chi connectivity index (χ1n) is 9.32. The lowest BCUT2D eigenvalue weighted by Gasteiger charge is -2.15. The van der Waals surface area contributed by atoms with Crippen LogP contribution in [0, 0.1) is 18.2 Å². The molecule has 3 aromatic rings. The van der Waals surface area contributed by atoms with E-state index in [0.717, 1.165) is 11.8 Å². The van der Waals surface area contributed by atoms with Crippen molar-refractivity contribution in [2.75, 3.05) is 6.26 Å². The van der Waals surface area contributed by atoms with Gasteiger partial charge in [0.2, 0.25) is 0 Å². The number of terminal acetylenes is 1. The molecule has 154 valence electrons. The van der Waals surface area contributed by atoms with Crippen LogP contribution in [0.5, 0.6) is 0 Å². The van der Waals surface area contributed by atoms with Crippen LogP contribution in [0.25, 0.3) is 28.0 Å². The van der Waals surface area contributed by atoms with E-state index < -0.39 is 9.84 Å². The Kier molecular flexibility index (Phi) is 6.33. The number of nitrogens with zero attached hydrogens (tertiary/aromatic N) is 1. The number of pyridine rings is 1. The highest BCUT2D eigenvalue weighted by Crippen LogP contribution is 2.35. The van der Waals surface area contributed by atoms with Gasteiger partial charge in [-0.25, -0.2) is 17.8 Å². The molecule has 0 atom stereocenters. The van der Waals surface area contributed by atoms with E-state index >= 15 is 0 Å². The molecule has 0 spiro atoms. The van der Waals surface area contributed by atoms with Crippen LogP contribution < -0.4 is 0 Å². The second-order valence-corrected chi connectivity index (χ2v) is 8.81. The standard InChI is InChI=1S/C26H20FNO2S/c1-5-8-18(6-2)25-19(7-3)17-24(20-11-15-23(16-12-20)31(4,29)30)26(28-25)21-9-13-22(27)14-10-21/h3,5-6,8-17H,1-2H2,4H3/b18-8+. The van der Waals surface area contributed by atoms with Gasteiger partial charge in [0, 0.05) is 23.0 Å². The summed E-state index contributed by atoms with van der Waals surface area (Å²) >= 11 is 0. The van der Waals surface area contributed by atoms with Crippen molar-refractivity contribution in [3.63, 3.8) is 0 Å². The van der Waals surface area contributed by atoms with Gasteiger partial charge in [0.15, 0.2) is 9.84 Å². The van der Waals surface area contributed by atoms with Crippen molar-refractivity contribution in [1.82, 2.24) is 4.98 Å². The van der Waals surface area contributed by atoms with E-state index in [1.54, 1.807) is 42.5 Å². The molecule has 5 heteroatoms. The number of halogens is 1. The summed E-state index contributed by atoms with van der Waals surface area (Å²) in [5, 5.41) is 0. The number of aromatic nitrogens is 1. The van der Waals surface area contributed by atoms with Crippen LogP contribution >= 0.6 is 0 Å². The maximum atomic E-state index is 13.5. The maximum absolute atomic E-state index is 13.5. The van der Waals surface area contributed by atoms with Crippen LogP contribution in [-0.2, 0) is 9.84 Å². The third kappa shape index (κ3) is 4.71. The van der Waals surface area contributed by atoms with E-state index in [1.165, 1.54) is 24.3 Å². The van der Waals surface area contributed by atoms with Gasteiger partial charge in [-0.2, -0.15) is 0 Å². The van der Waals surface area contributed by atoms with Crippen LogP contribution in [0.1, 0.15) is 11.3 Å². The van der Waals surface area contributed by atoms with E-state index in [0.29, 0.717) is 33.7 Å². The number of benzene rings is 2. The average molecular weight is 430 g/mol. The number of sulfone groups is 1. The molecule has 0 aliphatic carbocycles. The van der Waals surface area contributed by atoms with Gasteiger partial charge in [-0.1, -0.05) is 49.4 Å². The molecule has 0 saturated carbocycles. The van der Waals surface area contributed by atoms with E-state index in [1.807, 2.05) is 6.07 Å². The van der Waals surface area contributed by atoms with E-state index in [-0.39, 0.29) is 10.7 Å². The van der Waals surface area contributed by atoms with Gasteiger partial charge in [0.05, 0.1) is 21.8 Å². The summed E-state index contributed by atoms with van der Waals surface area (Å²) in [6, 6.07) is 14.3. The SMILES string of the molecule is C#Cc1cc(-c2ccc(S(C)(=O)=O)cc2)c(-c2ccc(F)cc2)nc1/C(C=C)=C/C=C. The zero-order valence-corrected chi connectivity index (χ0v) is 17.8. The lowest BCUT2D eigenvalue weighted by molar-refractivity contribution is 0.602. The third-order valence-corrected chi connectivity index (χ3v) is 5.81. The van der Waals surface area contributed by atoms with Crippen molar-refractivity contribution in [3.05, 3.63) is 103 Å². The number of hydrogen-bond acceptors (Lipinski definition) is 3. The topological polar surface area (TPSA) is 47.0 Å². The highest BCUT2D eigenvalue weighted by atomic mass is 32.2. The molecule has 0 fully saturated rings. The van der Waals surface area contributed by atoms with Gasteiger partial charge in [0.25, 0.3) is 0 Å². The van der Waals surface area contributed by atoms with Crippen LogP contribution in [0.3, 0.4) is 0 Å². The molecule has 3 rings (SSSR count). The summed E-state index contributed by atoms with van der Waals surface area (Å²) in [7, 11) is -3.33. The molecular formula is C26H20FNO2S. The monoisotopic (exact) mass is 429 g/mol. The highest BCUT2D eigenvalue weighted by molar-refractivity contribution is 7.90. The fraction of sp³-hybridized carbons (Fsp3) is 0.0385. The predicted octanol–water partition coefficient (Wildman–Crippen LogP) is 5.69. The van der Waals surface area contributed by atoms with Crippen molar-refractivity contribution < 1.29 is 12.8 Å². The number of rotatable bonds is 6. The first-order valence-corrected chi connectivity index (χ1v) is 11.2.